The third-order valence-electron chi connectivity index (χ3n) is 5.37. The van der Waals surface area contributed by atoms with Gasteiger partial charge >= 0.3 is 0 Å². The largest absolute Gasteiger partial charge is 0.493 e. The van der Waals surface area contributed by atoms with Gasteiger partial charge in [0.1, 0.15) is 24.0 Å². The molecule has 0 aromatic heterocycles. The predicted octanol–water partition coefficient (Wildman–Crippen LogP) is 5.16. The molecule has 0 saturated carbocycles. The number of allylic oxidation sites excluding steroid dienone is 1. The van der Waals surface area contributed by atoms with Gasteiger partial charge in [0.25, 0.3) is 5.91 Å². The Morgan fingerprint density at radius 2 is 1.86 bits per heavy atom. The Morgan fingerprint density at radius 3 is 2.56 bits per heavy atom. The molecular weight excluding hydrogens is 476 g/mol. The Balaban J connectivity index is 1.34. The summed E-state index contributed by atoms with van der Waals surface area (Å²) in [6.45, 7) is 8.48. The number of nitrogens with one attached hydrogen (secondary N) is 1. The molecule has 1 N–H and O–H groups in total. The first-order chi connectivity index (χ1) is 17.4. The third-order valence-corrected chi connectivity index (χ3v) is 6.58. The fourth-order valence-corrected chi connectivity index (χ4v) is 4.40. The molecule has 2 aromatic rings. The summed E-state index contributed by atoms with van der Waals surface area (Å²) in [5.41, 5.74) is 2.06. The number of amides is 1. The van der Waals surface area contributed by atoms with Crippen LogP contribution in [0.5, 0.6) is 17.2 Å². The second-order valence-electron chi connectivity index (χ2n) is 8.36. The first kappa shape index (κ1) is 25.2. The van der Waals surface area contributed by atoms with E-state index in [1.54, 1.807) is 13.2 Å². The van der Waals surface area contributed by atoms with Crippen LogP contribution < -0.4 is 14.2 Å². The van der Waals surface area contributed by atoms with E-state index in [4.69, 9.17) is 19.6 Å². The van der Waals surface area contributed by atoms with Gasteiger partial charge in [0, 0.05) is 5.92 Å². The maximum atomic E-state index is 12.5. The Kier molecular flexibility index (Phi) is 7.90. The lowest BCUT2D eigenvalue weighted by molar-refractivity contribution is -0.114. The lowest BCUT2D eigenvalue weighted by Gasteiger charge is -2.20. The van der Waals surface area contributed by atoms with Crippen LogP contribution >= 0.6 is 11.8 Å². The molecule has 36 heavy (non-hydrogen) atoms. The molecule has 0 saturated heterocycles. The van der Waals surface area contributed by atoms with Crippen LogP contribution in [0.3, 0.4) is 0 Å². The summed E-state index contributed by atoms with van der Waals surface area (Å²) >= 11 is 1.33. The first-order valence-electron chi connectivity index (χ1n) is 11.5. The number of hydrazone groups is 1. The highest BCUT2D eigenvalue weighted by Gasteiger charge is 2.36. The molecule has 0 bridgehead atoms. The summed E-state index contributed by atoms with van der Waals surface area (Å²) in [5, 5.41) is 15.6. The Bertz CT molecular complexity index is 1270. The van der Waals surface area contributed by atoms with Crippen LogP contribution in [0.1, 0.15) is 25.0 Å². The SMILES string of the molecule is C=CCc1ccc(OCCOc2ccc(C=C3C(=N)N4N=C(C(C)C)SC4=NC3=O)cc2)c(OC)c1. The first-order valence-corrected chi connectivity index (χ1v) is 12.3. The highest BCUT2D eigenvalue weighted by molar-refractivity contribution is 8.27. The molecule has 2 aliphatic heterocycles. The second-order valence-corrected chi connectivity index (χ2v) is 9.34. The van der Waals surface area contributed by atoms with Gasteiger partial charge in [0.05, 0.1) is 12.7 Å². The lowest BCUT2D eigenvalue weighted by atomic mass is 10.1. The number of carbonyl (C=O) groups is 1. The van der Waals surface area contributed by atoms with Crippen LogP contribution in [-0.2, 0) is 11.2 Å². The molecule has 0 radical (unpaired) electrons. The van der Waals surface area contributed by atoms with Crippen molar-refractivity contribution in [1.29, 1.82) is 5.41 Å². The van der Waals surface area contributed by atoms with Crippen molar-refractivity contribution in [1.82, 2.24) is 5.01 Å². The molecule has 8 nitrogen and oxygen atoms in total. The molecule has 0 unspecified atom stereocenters. The van der Waals surface area contributed by atoms with Gasteiger partial charge in [-0.15, -0.1) is 6.58 Å². The number of ether oxygens (including phenoxy) is 3. The van der Waals surface area contributed by atoms with E-state index in [-0.39, 0.29) is 17.3 Å². The number of hydrogen-bond donors (Lipinski definition) is 1. The third kappa shape index (κ3) is 5.68. The van der Waals surface area contributed by atoms with Gasteiger partial charge in [-0.25, -0.2) is 0 Å². The van der Waals surface area contributed by atoms with E-state index in [9.17, 15) is 4.79 Å². The molecule has 0 aliphatic carbocycles. The van der Waals surface area contributed by atoms with Crippen molar-refractivity contribution in [3.8, 4) is 17.2 Å². The molecule has 0 fully saturated rings. The summed E-state index contributed by atoms with van der Waals surface area (Å²) in [6, 6.07) is 13.1. The fourth-order valence-electron chi connectivity index (χ4n) is 3.50. The number of hydrogen-bond acceptors (Lipinski definition) is 7. The van der Waals surface area contributed by atoms with Crippen LogP contribution in [0.2, 0.25) is 0 Å². The predicted molar refractivity (Wildman–Crippen MR) is 144 cm³/mol. The number of nitrogens with zero attached hydrogens (tertiary/aromatic N) is 3. The lowest BCUT2D eigenvalue weighted by Crippen LogP contribution is -2.35. The molecule has 0 atom stereocenters. The van der Waals surface area contributed by atoms with Gasteiger partial charge in [0.2, 0.25) is 5.17 Å². The summed E-state index contributed by atoms with van der Waals surface area (Å²) in [5.74, 6) is 1.78. The number of amidine groups is 2. The minimum atomic E-state index is -0.440. The van der Waals surface area contributed by atoms with Gasteiger partial charge < -0.3 is 14.2 Å². The summed E-state index contributed by atoms with van der Waals surface area (Å²) in [6.07, 6.45) is 4.25. The van der Waals surface area contributed by atoms with Crippen molar-refractivity contribution in [3.05, 3.63) is 71.8 Å². The van der Waals surface area contributed by atoms with Crippen molar-refractivity contribution in [2.45, 2.75) is 20.3 Å². The molecular formula is C27H28N4O4S. The van der Waals surface area contributed by atoms with Crippen LogP contribution in [0, 0.1) is 11.3 Å². The summed E-state index contributed by atoms with van der Waals surface area (Å²) in [7, 11) is 1.61. The smallest absolute Gasteiger partial charge is 0.283 e. The Hall–Kier alpha value is -3.85. The van der Waals surface area contributed by atoms with Crippen LogP contribution in [0.15, 0.2) is 70.8 Å². The van der Waals surface area contributed by atoms with Crippen molar-refractivity contribution in [3.63, 3.8) is 0 Å². The quantitative estimate of drug-likeness (QED) is 0.273. The van der Waals surface area contributed by atoms with Crippen molar-refractivity contribution in [2.75, 3.05) is 20.3 Å². The standard InChI is InChI=1S/C27H28N4O4S/c1-5-6-18-9-12-22(23(16-18)33-4)35-14-13-34-20-10-7-19(8-11-20)15-21-24(28)31-27(29-25(21)32)36-26(30-31)17(2)3/h5,7-12,15-17,28H,1,6,13-14H2,2-4H3. The van der Waals surface area contributed by atoms with E-state index >= 15 is 0 Å². The molecule has 2 aromatic carbocycles. The topological polar surface area (TPSA) is 96.6 Å². The summed E-state index contributed by atoms with van der Waals surface area (Å²) in [4.78, 5) is 16.7. The normalized spacial score (nSPS) is 16.1. The number of carbonyl (C=O) groups excluding carboxylic acids is 1. The number of methoxy groups -OCH3 is 1. The van der Waals surface area contributed by atoms with Gasteiger partial charge in [0.15, 0.2) is 17.3 Å². The Labute approximate surface area is 214 Å². The minimum Gasteiger partial charge on any atom is -0.493 e. The molecule has 4 rings (SSSR count). The molecule has 186 valence electrons. The molecule has 9 heteroatoms. The number of aliphatic imine (C=N–C) groups is 1. The van der Waals surface area contributed by atoms with Crippen molar-refractivity contribution < 1.29 is 19.0 Å². The molecule has 0 spiro atoms. The Morgan fingerprint density at radius 1 is 1.11 bits per heavy atom. The molecule has 2 aliphatic rings. The van der Waals surface area contributed by atoms with Crippen LogP contribution in [0.4, 0.5) is 0 Å². The van der Waals surface area contributed by atoms with Crippen LogP contribution in [-0.4, -0.2) is 47.3 Å². The number of benzene rings is 2. The molecule has 2 heterocycles. The van der Waals surface area contributed by atoms with E-state index < -0.39 is 5.91 Å². The number of rotatable bonds is 10. The highest BCUT2D eigenvalue weighted by atomic mass is 32.2. The zero-order chi connectivity index (χ0) is 25.7. The van der Waals surface area contributed by atoms with E-state index in [0.717, 1.165) is 22.6 Å². The van der Waals surface area contributed by atoms with Gasteiger partial charge in [-0.2, -0.15) is 15.1 Å². The van der Waals surface area contributed by atoms with Crippen LogP contribution in [0.25, 0.3) is 6.08 Å². The fraction of sp³-hybridized carbons (Fsp3) is 0.259. The number of fused-ring (bicyclic) bond motifs is 1. The maximum absolute atomic E-state index is 12.5. The number of thioether (sulfide) groups is 1. The van der Waals surface area contributed by atoms with Crippen molar-refractivity contribution >= 4 is 39.8 Å². The zero-order valence-electron chi connectivity index (χ0n) is 20.5. The van der Waals surface area contributed by atoms with E-state index in [1.807, 2.05) is 62.4 Å². The minimum absolute atomic E-state index is 0.0265. The van der Waals surface area contributed by atoms with Gasteiger partial charge in [-0.05, 0) is 59.7 Å². The maximum Gasteiger partial charge on any atom is 0.283 e. The van der Waals surface area contributed by atoms with Gasteiger partial charge in [-0.3, -0.25) is 10.2 Å². The summed E-state index contributed by atoms with van der Waals surface area (Å²) < 4.78 is 17.0. The highest BCUT2D eigenvalue weighted by Crippen LogP contribution is 2.31. The van der Waals surface area contributed by atoms with E-state index in [1.165, 1.54) is 16.8 Å². The molecule has 1 amide bonds. The van der Waals surface area contributed by atoms with Crippen molar-refractivity contribution in [2.24, 2.45) is 16.0 Å². The monoisotopic (exact) mass is 504 g/mol. The van der Waals surface area contributed by atoms with E-state index in [0.29, 0.717) is 35.6 Å². The average Bonchev–Trinajstić information content (AvgIpc) is 3.30. The average molecular weight is 505 g/mol. The van der Waals surface area contributed by atoms with E-state index in [2.05, 4.69) is 16.7 Å². The zero-order valence-corrected chi connectivity index (χ0v) is 21.3. The van der Waals surface area contributed by atoms with Gasteiger partial charge in [-0.1, -0.05) is 38.1 Å². The second kappa shape index (κ2) is 11.3.